The third kappa shape index (κ3) is 7.74. The highest BCUT2D eigenvalue weighted by Gasteiger charge is 2.25. The van der Waals surface area contributed by atoms with E-state index in [2.05, 4.69) is 10.3 Å². The average molecular weight is 246 g/mol. The summed E-state index contributed by atoms with van der Waals surface area (Å²) >= 11 is 0. The molecule has 5 heteroatoms. The number of hydrogen-bond donors (Lipinski definition) is 1. The van der Waals surface area contributed by atoms with Crippen molar-refractivity contribution in [1.29, 1.82) is 0 Å². The molecule has 0 spiro atoms. The molecule has 1 aromatic rings. The van der Waals surface area contributed by atoms with E-state index < -0.39 is 12.6 Å². The molecule has 0 bridgehead atoms. The van der Waals surface area contributed by atoms with Crippen molar-refractivity contribution in [3.63, 3.8) is 0 Å². The minimum atomic E-state index is -4.02. The molecular weight excluding hydrogens is 229 g/mol. The van der Waals surface area contributed by atoms with Crippen LogP contribution in [0.25, 0.3) is 0 Å². The molecule has 0 aliphatic carbocycles. The number of rotatable bonds is 7. The Labute approximate surface area is 99.3 Å². The number of nitrogens with one attached hydrogen (secondary N) is 1. The summed E-state index contributed by atoms with van der Waals surface area (Å²) in [5, 5.41) is 3.11. The first-order valence-corrected chi connectivity index (χ1v) is 5.75. The molecule has 17 heavy (non-hydrogen) atoms. The lowest BCUT2D eigenvalue weighted by atomic mass is 10.2. The summed E-state index contributed by atoms with van der Waals surface area (Å²) in [6.45, 7) is 1.38. The van der Waals surface area contributed by atoms with Crippen molar-refractivity contribution in [2.75, 3.05) is 13.1 Å². The van der Waals surface area contributed by atoms with Gasteiger partial charge in [-0.15, -0.1) is 0 Å². The van der Waals surface area contributed by atoms with E-state index in [1.165, 1.54) is 0 Å². The predicted octanol–water partition coefficient (Wildman–Crippen LogP) is 2.95. The van der Waals surface area contributed by atoms with Gasteiger partial charge in [0.2, 0.25) is 0 Å². The second-order valence-electron chi connectivity index (χ2n) is 3.89. The highest BCUT2D eigenvalue weighted by atomic mass is 19.4. The van der Waals surface area contributed by atoms with Crippen molar-refractivity contribution in [3.8, 4) is 0 Å². The Morgan fingerprint density at radius 1 is 1.12 bits per heavy atom. The second-order valence-corrected chi connectivity index (χ2v) is 3.89. The second kappa shape index (κ2) is 7.27. The summed E-state index contributed by atoms with van der Waals surface area (Å²) in [5.41, 5.74) is 0.996. The van der Waals surface area contributed by atoms with Gasteiger partial charge in [-0.3, -0.25) is 4.98 Å². The Bertz CT molecular complexity index is 298. The Kier molecular flexibility index (Phi) is 5.97. The number of alkyl halides is 3. The molecule has 0 aliphatic rings. The average Bonchev–Trinajstić information content (AvgIpc) is 2.28. The van der Waals surface area contributed by atoms with Crippen molar-refractivity contribution in [2.45, 2.75) is 31.9 Å². The summed E-state index contributed by atoms with van der Waals surface area (Å²) in [5.74, 6) is 0. The van der Waals surface area contributed by atoms with E-state index in [4.69, 9.17) is 0 Å². The fourth-order valence-corrected chi connectivity index (χ4v) is 1.46. The van der Waals surface area contributed by atoms with Crippen LogP contribution in [-0.4, -0.2) is 24.2 Å². The van der Waals surface area contributed by atoms with E-state index in [-0.39, 0.29) is 6.42 Å². The molecule has 0 radical (unpaired) electrons. The fraction of sp³-hybridized carbons (Fsp3) is 0.583. The number of aromatic nitrogens is 1. The number of nitrogens with zero attached hydrogens (tertiary/aromatic N) is 1. The maximum absolute atomic E-state index is 11.8. The van der Waals surface area contributed by atoms with E-state index >= 15 is 0 Å². The quantitative estimate of drug-likeness (QED) is 0.748. The largest absolute Gasteiger partial charge is 0.389 e. The molecule has 0 fully saturated rings. The Hall–Kier alpha value is -1.10. The van der Waals surface area contributed by atoms with Gasteiger partial charge in [-0.25, -0.2) is 0 Å². The molecular formula is C12H17F3N2. The van der Waals surface area contributed by atoms with E-state index in [0.29, 0.717) is 13.0 Å². The third-order valence-electron chi connectivity index (χ3n) is 2.35. The van der Waals surface area contributed by atoms with Crippen LogP contribution >= 0.6 is 0 Å². The van der Waals surface area contributed by atoms with E-state index in [1.54, 1.807) is 6.20 Å². The van der Waals surface area contributed by atoms with E-state index in [0.717, 1.165) is 18.7 Å². The molecule has 2 nitrogen and oxygen atoms in total. The summed E-state index contributed by atoms with van der Waals surface area (Å²) < 4.78 is 35.5. The molecule has 0 aromatic carbocycles. The fourth-order valence-electron chi connectivity index (χ4n) is 1.46. The molecule has 96 valence electrons. The molecule has 1 aromatic heterocycles. The van der Waals surface area contributed by atoms with Gasteiger partial charge >= 0.3 is 6.18 Å². The van der Waals surface area contributed by atoms with Crippen LogP contribution in [0.15, 0.2) is 24.4 Å². The van der Waals surface area contributed by atoms with Crippen LogP contribution < -0.4 is 5.32 Å². The first-order chi connectivity index (χ1) is 8.08. The SMILES string of the molecule is FC(F)(F)CCCCNCCc1ccccn1. The zero-order valence-corrected chi connectivity index (χ0v) is 9.63. The van der Waals surface area contributed by atoms with Crippen LogP contribution in [0.1, 0.15) is 25.0 Å². The molecule has 0 amide bonds. The number of pyridine rings is 1. The van der Waals surface area contributed by atoms with Crippen LogP contribution in [0, 0.1) is 0 Å². The minimum absolute atomic E-state index is 0.195. The zero-order valence-electron chi connectivity index (χ0n) is 9.63. The van der Waals surface area contributed by atoms with Crippen LogP contribution in [0.5, 0.6) is 0 Å². The standard InChI is InChI=1S/C12H17F3N2/c13-12(14,15)7-2-4-8-16-10-6-11-5-1-3-9-17-11/h1,3,5,9,16H,2,4,6-8,10H2. The molecule has 1 rings (SSSR count). The Balaban J connectivity index is 1.95. The normalized spacial score (nSPS) is 11.7. The zero-order chi connectivity index (χ0) is 12.6. The molecule has 1 N–H and O–H groups in total. The van der Waals surface area contributed by atoms with Gasteiger partial charge in [0.1, 0.15) is 0 Å². The summed E-state index contributed by atoms with van der Waals surface area (Å²) in [4.78, 5) is 4.16. The first-order valence-electron chi connectivity index (χ1n) is 5.75. The summed E-state index contributed by atoms with van der Waals surface area (Å²) in [6, 6.07) is 5.71. The maximum atomic E-state index is 11.8. The van der Waals surface area contributed by atoms with Gasteiger partial charge in [0.15, 0.2) is 0 Å². The number of unbranched alkanes of at least 4 members (excludes halogenated alkanes) is 1. The Morgan fingerprint density at radius 2 is 1.94 bits per heavy atom. The minimum Gasteiger partial charge on any atom is -0.316 e. The van der Waals surface area contributed by atoms with E-state index in [9.17, 15) is 13.2 Å². The topological polar surface area (TPSA) is 24.9 Å². The smallest absolute Gasteiger partial charge is 0.316 e. The molecule has 0 unspecified atom stereocenters. The lowest BCUT2D eigenvalue weighted by molar-refractivity contribution is -0.135. The van der Waals surface area contributed by atoms with Crippen LogP contribution in [-0.2, 0) is 6.42 Å². The molecule has 0 saturated heterocycles. The number of halogens is 3. The van der Waals surface area contributed by atoms with Crippen molar-refractivity contribution in [3.05, 3.63) is 30.1 Å². The molecule has 0 saturated carbocycles. The third-order valence-corrected chi connectivity index (χ3v) is 2.35. The van der Waals surface area contributed by atoms with Crippen LogP contribution in [0.2, 0.25) is 0 Å². The van der Waals surface area contributed by atoms with Crippen LogP contribution in [0.3, 0.4) is 0 Å². The first kappa shape index (κ1) is 14.0. The van der Waals surface area contributed by atoms with Crippen molar-refractivity contribution in [2.24, 2.45) is 0 Å². The van der Waals surface area contributed by atoms with Gasteiger partial charge in [-0.2, -0.15) is 13.2 Å². The lowest BCUT2D eigenvalue weighted by Crippen LogP contribution is -2.19. The predicted molar refractivity (Wildman–Crippen MR) is 60.7 cm³/mol. The lowest BCUT2D eigenvalue weighted by Gasteiger charge is -2.06. The van der Waals surface area contributed by atoms with Gasteiger partial charge in [0, 0.05) is 31.3 Å². The number of hydrogen-bond acceptors (Lipinski definition) is 2. The monoisotopic (exact) mass is 246 g/mol. The molecule has 0 aliphatic heterocycles. The van der Waals surface area contributed by atoms with E-state index in [1.807, 2.05) is 18.2 Å². The van der Waals surface area contributed by atoms with Gasteiger partial charge in [-0.1, -0.05) is 6.07 Å². The van der Waals surface area contributed by atoms with Gasteiger partial charge < -0.3 is 5.32 Å². The van der Waals surface area contributed by atoms with Gasteiger partial charge in [0.05, 0.1) is 0 Å². The van der Waals surface area contributed by atoms with Gasteiger partial charge in [-0.05, 0) is 31.5 Å². The highest BCUT2D eigenvalue weighted by Crippen LogP contribution is 2.21. The van der Waals surface area contributed by atoms with Crippen LogP contribution in [0.4, 0.5) is 13.2 Å². The van der Waals surface area contributed by atoms with Gasteiger partial charge in [0.25, 0.3) is 0 Å². The van der Waals surface area contributed by atoms with Crippen molar-refractivity contribution >= 4 is 0 Å². The summed E-state index contributed by atoms with van der Waals surface area (Å²) in [7, 11) is 0. The van der Waals surface area contributed by atoms with Crippen molar-refractivity contribution in [1.82, 2.24) is 10.3 Å². The molecule has 1 heterocycles. The highest BCUT2D eigenvalue weighted by molar-refractivity contribution is 5.03. The summed E-state index contributed by atoms with van der Waals surface area (Å²) in [6.07, 6.45) is -1.41. The maximum Gasteiger partial charge on any atom is 0.389 e. The van der Waals surface area contributed by atoms with Crippen molar-refractivity contribution < 1.29 is 13.2 Å². The Morgan fingerprint density at radius 3 is 2.59 bits per heavy atom. The molecule has 0 atom stereocenters.